The number of benzene rings is 1. The predicted octanol–water partition coefficient (Wildman–Crippen LogP) is 2.16. The van der Waals surface area contributed by atoms with Crippen molar-refractivity contribution in [3.63, 3.8) is 0 Å². The van der Waals surface area contributed by atoms with E-state index in [1.165, 1.54) is 21.6 Å². The second-order valence-electron chi connectivity index (χ2n) is 7.35. The van der Waals surface area contributed by atoms with Gasteiger partial charge in [0.25, 0.3) is 5.56 Å². The van der Waals surface area contributed by atoms with Gasteiger partial charge in [0.05, 0.1) is 11.7 Å². The fourth-order valence-electron chi connectivity index (χ4n) is 4.23. The minimum absolute atomic E-state index is 0.127. The standard InChI is InChI=1S/C20H22N4OS/c1-23-10-14-5-3-2-4-13(14)8-15(23)11-24-12-22-19-18(20(24)25)16-6-7-21-9-17(16)26-19/h2-5,12,15,21H,6-11H2,1H3/t15-/m1/s1. The third-order valence-corrected chi connectivity index (χ3v) is 6.86. The lowest BCUT2D eigenvalue weighted by Crippen LogP contribution is -2.42. The highest BCUT2D eigenvalue weighted by Gasteiger charge is 2.25. The van der Waals surface area contributed by atoms with Crippen molar-refractivity contribution in [2.45, 2.75) is 38.5 Å². The summed E-state index contributed by atoms with van der Waals surface area (Å²) in [5.41, 5.74) is 4.14. The van der Waals surface area contributed by atoms with Gasteiger partial charge in [-0.2, -0.15) is 0 Å². The fraction of sp³-hybridized carbons (Fsp3) is 0.400. The molecule has 5 nitrogen and oxygen atoms in total. The highest BCUT2D eigenvalue weighted by atomic mass is 32.1. The second kappa shape index (κ2) is 6.30. The number of thiophene rings is 1. The molecule has 2 aliphatic heterocycles. The van der Waals surface area contributed by atoms with Crippen LogP contribution in [0.2, 0.25) is 0 Å². The van der Waals surface area contributed by atoms with Crippen LogP contribution in [0.1, 0.15) is 21.6 Å². The van der Waals surface area contributed by atoms with E-state index in [1.807, 2.05) is 4.57 Å². The van der Waals surface area contributed by atoms with Gasteiger partial charge >= 0.3 is 0 Å². The van der Waals surface area contributed by atoms with Crippen LogP contribution in [-0.4, -0.2) is 34.1 Å². The van der Waals surface area contributed by atoms with E-state index in [4.69, 9.17) is 0 Å². The van der Waals surface area contributed by atoms with Gasteiger partial charge in [-0.05, 0) is 43.1 Å². The Kier molecular flexibility index (Phi) is 3.92. The Morgan fingerprint density at radius 1 is 1.31 bits per heavy atom. The normalized spacial score (nSPS) is 20.1. The molecular formula is C20H22N4OS. The molecule has 0 radical (unpaired) electrons. The summed E-state index contributed by atoms with van der Waals surface area (Å²) in [5.74, 6) is 0. The van der Waals surface area contributed by atoms with Gasteiger partial charge in [0.1, 0.15) is 4.83 Å². The molecule has 3 aromatic rings. The Morgan fingerprint density at radius 2 is 2.15 bits per heavy atom. The van der Waals surface area contributed by atoms with Crippen molar-refractivity contribution < 1.29 is 0 Å². The van der Waals surface area contributed by atoms with Crippen molar-refractivity contribution >= 4 is 21.6 Å². The van der Waals surface area contributed by atoms with Crippen molar-refractivity contribution in [3.05, 3.63) is 62.5 Å². The molecule has 2 aromatic heterocycles. The van der Waals surface area contributed by atoms with E-state index in [-0.39, 0.29) is 5.56 Å². The number of aromatic nitrogens is 2. The number of likely N-dealkylation sites (N-methyl/N-ethyl adjacent to an activating group) is 1. The monoisotopic (exact) mass is 366 g/mol. The molecular weight excluding hydrogens is 344 g/mol. The Morgan fingerprint density at radius 3 is 3.04 bits per heavy atom. The van der Waals surface area contributed by atoms with E-state index in [1.54, 1.807) is 17.7 Å². The molecule has 0 spiro atoms. The molecule has 0 amide bonds. The number of fused-ring (bicyclic) bond motifs is 4. The lowest BCUT2D eigenvalue weighted by atomic mass is 9.94. The van der Waals surface area contributed by atoms with Gasteiger partial charge in [-0.3, -0.25) is 14.3 Å². The van der Waals surface area contributed by atoms with E-state index >= 15 is 0 Å². The molecule has 1 atom stereocenters. The maximum Gasteiger partial charge on any atom is 0.262 e. The summed E-state index contributed by atoms with van der Waals surface area (Å²) in [6.07, 6.45) is 3.64. The zero-order chi connectivity index (χ0) is 17.7. The molecule has 6 heteroatoms. The number of hydrogen-bond acceptors (Lipinski definition) is 5. The first-order chi connectivity index (χ1) is 12.7. The quantitative estimate of drug-likeness (QED) is 0.755. The lowest BCUT2D eigenvalue weighted by Gasteiger charge is -2.34. The molecule has 134 valence electrons. The Labute approximate surface area is 156 Å². The smallest absolute Gasteiger partial charge is 0.262 e. The van der Waals surface area contributed by atoms with E-state index in [0.717, 1.165) is 42.7 Å². The maximum atomic E-state index is 13.2. The van der Waals surface area contributed by atoms with Crippen LogP contribution in [0.3, 0.4) is 0 Å². The summed E-state index contributed by atoms with van der Waals surface area (Å²) in [7, 11) is 2.15. The summed E-state index contributed by atoms with van der Waals surface area (Å²) < 4.78 is 1.83. The zero-order valence-corrected chi connectivity index (χ0v) is 15.7. The van der Waals surface area contributed by atoms with E-state index in [2.05, 4.69) is 46.5 Å². The van der Waals surface area contributed by atoms with Gasteiger partial charge in [0.15, 0.2) is 0 Å². The van der Waals surface area contributed by atoms with Gasteiger partial charge < -0.3 is 5.32 Å². The Bertz CT molecular complexity index is 1040. The fourth-order valence-corrected chi connectivity index (χ4v) is 5.38. The largest absolute Gasteiger partial charge is 0.312 e. The molecule has 0 unspecified atom stereocenters. The Hall–Kier alpha value is -2.02. The number of nitrogens with zero attached hydrogens (tertiary/aromatic N) is 3. The van der Waals surface area contributed by atoms with Gasteiger partial charge in [-0.1, -0.05) is 24.3 Å². The maximum absolute atomic E-state index is 13.2. The van der Waals surface area contributed by atoms with Gasteiger partial charge in [0, 0.05) is 30.6 Å². The van der Waals surface area contributed by atoms with Crippen molar-refractivity contribution in [2.24, 2.45) is 0 Å². The third kappa shape index (κ3) is 2.60. The van der Waals surface area contributed by atoms with Crippen LogP contribution in [0.25, 0.3) is 10.2 Å². The molecule has 4 heterocycles. The summed E-state index contributed by atoms with van der Waals surface area (Å²) in [5, 5.41) is 4.24. The first kappa shape index (κ1) is 16.2. The molecule has 1 N–H and O–H groups in total. The zero-order valence-electron chi connectivity index (χ0n) is 14.9. The predicted molar refractivity (Wildman–Crippen MR) is 105 cm³/mol. The van der Waals surface area contributed by atoms with Crippen molar-refractivity contribution in [1.82, 2.24) is 19.8 Å². The molecule has 0 fully saturated rings. The highest BCUT2D eigenvalue weighted by Crippen LogP contribution is 2.30. The van der Waals surface area contributed by atoms with Crippen molar-refractivity contribution in [1.29, 1.82) is 0 Å². The summed E-state index contributed by atoms with van der Waals surface area (Å²) in [4.78, 5) is 22.3. The molecule has 5 rings (SSSR count). The average Bonchev–Trinajstić information content (AvgIpc) is 3.04. The average molecular weight is 366 g/mol. The van der Waals surface area contributed by atoms with Crippen LogP contribution in [0.4, 0.5) is 0 Å². The Balaban J connectivity index is 1.50. The lowest BCUT2D eigenvalue weighted by molar-refractivity contribution is 0.193. The van der Waals surface area contributed by atoms with Crippen LogP contribution >= 0.6 is 11.3 Å². The number of rotatable bonds is 2. The minimum Gasteiger partial charge on any atom is -0.312 e. The number of nitrogens with one attached hydrogen (secondary N) is 1. The van der Waals surface area contributed by atoms with Crippen LogP contribution in [0.15, 0.2) is 35.4 Å². The van der Waals surface area contributed by atoms with Crippen LogP contribution in [-0.2, 0) is 32.5 Å². The van der Waals surface area contributed by atoms with Crippen LogP contribution in [0.5, 0.6) is 0 Å². The van der Waals surface area contributed by atoms with Crippen LogP contribution < -0.4 is 10.9 Å². The molecule has 0 saturated carbocycles. The van der Waals surface area contributed by atoms with E-state index in [9.17, 15) is 4.79 Å². The summed E-state index contributed by atoms with van der Waals surface area (Å²) in [6, 6.07) is 8.93. The topological polar surface area (TPSA) is 50.2 Å². The summed E-state index contributed by atoms with van der Waals surface area (Å²) >= 11 is 1.66. The minimum atomic E-state index is 0.127. The molecule has 0 aliphatic carbocycles. The van der Waals surface area contributed by atoms with Gasteiger partial charge in [0.2, 0.25) is 0 Å². The molecule has 26 heavy (non-hydrogen) atoms. The van der Waals surface area contributed by atoms with Gasteiger partial charge in [-0.15, -0.1) is 11.3 Å². The molecule has 2 aliphatic rings. The summed E-state index contributed by atoms with van der Waals surface area (Å²) in [6.45, 7) is 3.42. The van der Waals surface area contributed by atoms with E-state index < -0.39 is 0 Å². The van der Waals surface area contributed by atoms with Gasteiger partial charge in [-0.25, -0.2) is 4.98 Å². The third-order valence-electron chi connectivity index (χ3n) is 5.72. The molecule has 0 saturated heterocycles. The first-order valence-electron chi connectivity index (χ1n) is 9.18. The number of hydrogen-bond donors (Lipinski definition) is 1. The molecule has 0 bridgehead atoms. The van der Waals surface area contributed by atoms with Crippen molar-refractivity contribution in [2.75, 3.05) is 13.6 Å². The first-order valence-corrected chi connectivity index (χ1v) is 10.00. The SMILES string of the molecule is CN1Cc2ccccc2C[C@@H]1Cn1cnc2sc3c(c2c1=O)CCNC3. The second-order valence-corrected chi connectivity index (χ2v) is 8.44. The highest BCUT2D eigenvalue weighted by molar-refractivity contribution is 7.18. The molecule has 1 aromatic carbocycles. The van der Waals surface area contributed by atoms with Crippen LogP contribution in [0, 0.1) is 0 Å². The van der Waals surface area contributed by atoms with Crippen molar-refractivity contribution in [3.8, 4) is 0 Å². The van der Waals surface area contributed by atoms with E-state index in [0.29, 0.717) is 12.6 Å².